The monoisotopic (exact) mass is 335 g/mol. The van der Waals surface area contributed by atoms with Crippen LogP contribution < -0.4 is 10.6 Å². The van der Waals surface area contributed by atoms with Crippen LogP contribution in [0.1, 0.15) is 0 Å². The summed E-state index contributed by atoms with van der Waals surface area (Å²) in [5.41, 5.74) is 6.22. The average Bonchev–Trinajstić information content (AvgIpc) is 2.47. The van der Waals surface area contributed by atoms with Crippen LogP contribution in [0, 0.1) is 0 Å². The molecule has 1 amide bonds. The highest BCUT2D eigenvalue weighted by molar-refractivity contribution is 9.10. The van der Waals surface area contributed by atoms with Gasteiger partial charge in [0.25, 0.3) is 0 Å². The van der Waals surface area contributed by atoms with Crippen LogP contribution in [0.3, 0.4) is 0 Å². The number of rotatable bonds is 2. The summed E-state index contributed by atoms with van der Waals surface area (Å²) >= 11 is 3.45. The Labute approximate surface area is 124 Å². The molecule has 0 aliphatic carbocycles. The number of amides is 1. The predicted octanol–water partition coefficient (Wildman–Crippen LogP) is 1.69. The number of halogens is 1. The third kappa shape index (κ3) is 2.62. The van der Waals surface area contributed by atoms with Crippen LogP contribution >= 0.6 is 15.9 Å². The van der Waals surface area contributed by atoms with E-state index in [2.05, 4.69) is 20.9 Å². The molecule has 0 unspecified atom stereocenters. The number of carbonyl (C=O) groups excluding carboxylic acids is 1. The van der Waals surface area contributed by atoms with E-state index in [0.717, 1.165) is 21.2 Å². The Kier molecular flexibility index (Phi) is 3.58. The Morgan fingerprint density at radius 1 is 1.40 bits per heavy atom. The van der Waals surface area contributed by atoms with E-state index in [0.29, 0.717) is 19.7 Å². The van der Waals surface area contributed by atoms with Crippen molar-refractivity contribution in [3.63, 3.8) is 0 Å². The van der Waals surface area contributed by atoms with E-state index in [9.17, 15) is 4.79 Å². The molecular formula is C14H14BrN3O2. The second-order valence-corrected chi connectivity index (χ2v) is 5.63. The number of benzene rings is 1. The number of anilines is 1. The van der Waals surface area contributed by atoms with Gasteiger partial charge in [0.05, 0.1) is 18.7 Å². The molecular weight excluding hydrogens is 322 g/mol. The average molecular weight is 336 g/mol. The second kappa shape index (κ2) is 5.38. The van der Waals surface area contributed by atoms with E-state index in [-0.39, 0.29) is 0 Å². The molecule has 0 radical (unpaired) electrons. The fourth-order valence-corrected chi connectivity index (χ4v) is 2.67. The lowest BCUT2D eigenvalue weighted by Crippen LogP contribution is -2.48. The quantitative estimate of drug-likeness (QED) is 0.906. The van der Waals surface area contributed by atoms with Crippen LogP contribution in [0.25, 0.3) is 10.9 Å². The van der Waals surface area contributed by atoms with Crippen LogP contribution in [0.4, 0.5) is 5.82 Å². The summed E-state index contributed by atoms with van der Waals surface area (Å²) < 4.78 is 6.37. The summed E-state index contributed by atoms with van der Waals surface area (Å²) in [6.45, 7) is 1.64. The van der Waals surface area contributed by atoms with Crippen LogP contribution in [-0.2, 0) is 9.53 Å². The number of ether oxygens (including phenoxy) is 1. The SMILES string of the molecule is NC(=O)[C@@H]1CN(c2ccc3cc(Br)ccc3n2)CCO1. The Balaban J connectivity index is 1.90. The summed E-state index contributed by atoms with van der Waals surface area (Å²) in [4.78, 5) is 17.9. The fourth-order valence-electron chi connectivity index (χ4n) is 2.29. The first-order valence-electron chi connectivity index (χ1n) is 6.36. The molecule has 20 heavy (non-hydrogen) atoms. The molecule has 0 spiro atoms. The minimum Gasteiger partial charge on any atom is -0.367 e. The van der Waals surface area contributed by atoms with E-state index >= 15 is 0 Å². The number of fused-ring (bicyclic) bond motifs is 1. The lowest BCUT2D eigenvalue weighted by atomic mass is 10.2. The van der Waals surface area contributed by atoms with Crippen LogP contribution in [0.15, 0.2) is 34.8 Å². The maximum atomic E-state index is 11.2. The van der Waals surface area contributed by atoms with Crippen molar-refractivity contribution in [3.8, 4) is 0 Å². The first kappa shape index (κ1) is 13.3. The van der Waals surface area contributed by atoms with Gasteiger partial charge in [-0.05, 0) is 30.3 Å². The van der Waals surface area contributed by atoms with Gasteiger partial charge in [0.1, 0.15) is 5.82 Å². The number of primary amides is 1. The topological polar surface area (TPSA) is 68.5 Å². The van der Waals surface area contributed by atoms with E-state index in [1.807, 2.05) is 35.2 Å². The van der Waals surface area contributed by atoms with Gasteiger partial charge in [-0.25, -0.2) is 4.98 Å². The van der Waals surface area contributed by atoms with Crippen molar-refractivity contribution >= 4 is 38.6 Å². The normalized spacial score (nSPS) is 19.2. The first-order chi connectivity index (χ1) is 9.63. The number of aromatic nitrogens is 1. The maximum Gasteiger partial charge on any atom is 0.248 e. The van der Waals surface area contributed by atoms with Crippen molar-refractivity contribution < 1.29 is 9.53 Å². The molecule has 5 nitrogen and oxygen atoms in total. The number of hydrogen-bond acceptors (Lipinski definition) is 4. The number of morpholine rings is 1. The van der Waals surface area contributed by atoms with Gasteiger partial charge in [-0.2, -0.15) is 0 Å². The van der Waals surface area contributed by atoms with Crippen molar-refractivity contribution in [1.29, 1.82) is 0 Å². The lowest BCUT2D eigenvalue weighted by Gasteiger charge is -2.32. The molecule has 1 aliphatic heterocycles. The zero-order chi connectivity index (χ0) is 14.1. The molecule has 1 atom stereocenters. The van der Waals surface area contributed by atoms with Crippen molar-refractivity contribution in [2.45, 2.75) is 6.10 Å². The fraction of sp³-hybridized carbons (Fsp3) is 0.286. The van der Waals surface area contributed by atoms with Crippen molar-refractivity contribution in [2.75, 3.05) is 24.6 Å². The summed E-state index contributed by atoms with van der Waals surface area (Å²) in [7, 11) is 0. The molecule has 0 bridgehead atoms. The Bertz CT molecular complexity index is 662. The standard InChI is InChI=1S/C14H14BrN3O2/c15-10-2-3-11-9(7-10)1-4-13(17-11)18-5-6-20-12(8-18)14(16)19/h1-4,7,12H,5-6,8H2,(H2,16,19)/t12-/m0/s1. The number of carbonyl (C=O) groups is 1. The highest BCUT2D eigenvalue weighted by Gasteiger charge is 2.25. The molecule has 1 fully saturated rings. The molecule has 3 rings (SSSR count). The molecule has 1 saturated heterocycles. The minimum absolute atomic E-state index is 0.431. The third-order valence-electron chi connectivity index (χ3n) is 3.34. The molecule has 2 aromatic rings. The summed E-state index contributed by atoms with van der Waals surface area (Å²) in [5, 5.41) is 1.07. The molecule has 0 saturated carbocycles. The van der Waals surface area contributed by atoms with Gasteiger partial charge in [-0.15, -0.1) is 0 Å². The van der Waals surface area contributed by atoms with Gasteiger partial charge in [0.15, 0.2) is 6.10 Å². The van der Waals surface area contributed by atoms with E-state index in [1.54, 1.807) is 0 Å². The number of pyridine rings is 1. The zero-order valence-corrected chi connectivity index (χ0v) is 12.3. The molecule has 1 aliphatic rings. The molecule has 1 aromatic carbocycles. The highest BCUT2D eigenvalue weighted by Crippen LogP contribution is 2.22. The van der Waals surface area contributed by atoms with E-state index in [1.165, 1.54) is 0 Å². The van der Waals surface area contributed by atoms with Gasteiger partial charge in [0.2, 0.25) is 5.91 Å². The smallest absolute Gasteiger partial charge is 0.248 e. The van der Waals surface area contributed by atoms with Crippen LogP contribution in [0.5, 0.6) is 0 Å². The van der Waals surface area contributed by atoms with Crippen molar-refractivity contribution in [1.82, 2.24) is 4.98 Å². The molecule has 2 heterocycles. The largest absolute Gasteiger partial charge is 0.367 e. The maximum absolute atomic E-state index is 11.2. The van der Waals surface area contributed by atoms with Gasteiger partial charge in [-0.1, -0.05) is 15.9 Å². The van der Waals surface area contributed by atoms with Crippen molar-refractivity contribution in [3.05, 3.63) is 34.8 Å². The second-order valence-electron chi connectivity index (χ2n) is 4.71. The highest BCUT2D eigenvalue weighted by atomic mass is 79.9. The Hall–Kier alpha value is -1.66. The lowest BCUT2D eigenvalue weighted by molar-refractivity contribution is -0.130. The van der Waals surface area contributed by atoms with Crippen molar-refractivity contribution in [2.24, 2.45) is 5.73 Å². The first-order valence-corrected chi connectivity index (χ1v) is 7.15. The van der Waals surface area contributed by atoms with Gasteiger partial charge < -0.3 is 15.4 Å². The molecule has 104 valence electrons. The zero-order valence-electron chi connectivity index (χ0n) is 10.8. The Morgan fingerprint density at radius 2 is 2.25 bits per heavy atom. The number of hydrogen-bond donors (Lipinski definition) is 1. The summed E-state index contributed by atoms with van der Waals surface area (Å²) in [6, 6.07) is 9.94. The van der Waals surface area contributed by atoms with E-state index < -0.39 is 12.0 Å². The van der Waals surface area contributed by atoms with Crippen LogP contribution in [-0.4, -0.2) is 36.7 Å². The molecule has 2 N–H and O–H groups in total. The molecule has 1 aromatic heterocycles. The van der Waals surface area contributed by atoms with Gasteiger partial charge in [0, 0.05) is 16.4 Å². The van der Waals surface area contributed by atoms with Gasteiger partial charge in [-0.3, -0.25) is 4.79 Å². The van der Waals surface area contributed by atoms with E-state index in [4.69, 9.17) is 10.5 Å². The predicted molar refractivity (Wildman–Crippen MR) is 80.6 cm³/mol. The minimum atomic E-state index is -0.564. The third-order valence-corrected chi connectivity index (χ3v) is 3.84. The summed E-state index contributed by atoms with van der Waals surface area (Å²) in [6.07, 6.45) is -0.564. The Morgan fingerprint density at radius 3 is 3.05 bits per heavy atom. The molecule has 6 heteroatoms. The van der Waals surface area contributed by atoms with Crippen LogP contribution in [0.2, 0.25) is 0 Å². The summed E-state index contributed by atoms with van der Waals surface area (Å²) in [5.74, 6) is 0.411. The number of nitrogens with zero attached hydrogens (tertiary/aromatic N) is 2. The number of nitrogens with two attached hydrogens (primary N) is 1. The van der Waals surface area contributed by atoms with Gasteiger partial charge >= 0.3 is 0 Å².